The molecule has 3 heterocycles. The molecule has 3 amide bonds. The maximum absolute atomic E-state index is 13.6. The summed E-state index contributed by atoms with van der Waals surface area (Å²) in [5.74, 6) is 1.16. The molecule has 0 radical (unpaired) electrons. The number of benzene rings is 2. The number of likely N-dealkylation sites (tertiary alicyclic amines) is 1. The number of hydrogen-bond acceptors (Lipinski definition) is 8. The van der Waals surface area contributed by atoms with Crippen LogP contribution in [0.3, 0.4) is 0 Å². The molecule has 0 unspecified atom stereocenters. The van der Waals surface area contributed by atoms with Gasteiger partial charge in [-0.2, -0.15) is 5.10 Å². The predicted octanol–water partition coefficient (Wildman–Crippen LogP) is 2.99. The van der Waals surface area contributed by atoms with Gasteiger partial charge >= 0.3 is 0 Å². The highest BCUT2D eigenvalue weighted by Crippen LogP contribution is 2.42. The lowest BCUT2D eigenvalue weighted by molar-refractivity contribution is -0.106. The standard InChI is InChI=1S/C30H34N4O6.CH3NO/c1-5-31-28(36)19-7-8-24-22(13-19)23(35)16-30(40-24)9-11-34(12-10-30)29(37)20-14-25(38-4)27(26(15-20)39-6-2)21-17-32-33(3)18-21;2-1-3/h7-8,13-15,17-18H,5-6,9-12,16H2,1-4H3,(H,31,36);1H,(H2,2,3). The number of ether oxygens (including phenoxy) is 3. The van der Waals surface area contributed by atoms with Crippen molar-refractivity contribution in [3.8, 4) is 28.4 Å². The van der Waals surface area contributed by atoms with Crippen LogP contribution < -0.4 is 25.3 Å². The highest BCUT2D eigenvalue weighted by atomic mass is 16.5. The second-order valence-electron chi connectivity index (χ2n) is 10.3. The average molecular weight is 592 g/mol. The quantitative estimate of drug-likeness (QED) is 0.398. The fraction of sp³-hybridized carbons (Fsp3) is 0.387. The van der Waals surface area contributed by atoms with Crippen LogP contribution in [-0.4, -0.2) is 77.6 Å². The number of Topliss-reactive ketones (excluding diaryl/α,β-unsaturated/α-hetero) is 1. The summed E-state index contributed by atoms with van der Waals surface area (Å²) in [7, 11) is 3.40. The fourth-order valence-corrected chi connectivity index (χ4v) is 5.46. The fourth-order valence-electron chi connectivity index (χ4n) is 5.46. The molecule has 228 valence electrons. The molecule has 0 aliphatic carbocycles. The lowest BCUT2D eigenvalue weighted by Gasteiger charge is -2.44. The maximum atomic E-state index is 13.6. The van der Waals surface area contributed by atoms with Crippen molar-refractivity contribution in [2.24, 2.45) is 12.8 Å². The predicted molar refractivity (Wildman–Crippen MR) is 159 cm³/mol. The summed E-state index contributed by atoms with van der Waals surface area (Å²) in [6.45, 7) is 5.55. The molecule has 5 rings (SSSR count). The van der Waals surface area contributed by atoms with Crippen molar-refractivity contribution >= 4 is 24.0 Å². The van der Waals surface area contributed by atoms with Crippen molar-refractivity contribution < 1.29 is 33.4 Å². The molecule has 1 spiro atoms. The Hall–Kier alpha value is -4.87. The average Bonchev–Trinajstić information content (AvgIpc) is 3.43. The molecule has 43 heavy (non-hydrogen) atoms. The minimum absolute atomic E-state index is 0.0516. The van der Waals surface area contributed by atoms with Gasteiger partial charge in [-0.05, 0) is 44.2 Å². The number of aromatic nitrogens is 2. The van der Waals surface area contributed by atoms with Gasteiger partial charge in [0.2, 0.25) is 6.41 Å². The van der Waals surface area contributed by atoms with Crippen molar-refractivity contribution in [1.29, 1.82) is 0 Å². The Morgan fingerprint density at radius 1 is 1.14 bits per heavy atom. The number of primary amides is 1. The van der Waals surface area contributed by atoms with Gasteiger partial charge in [0.1, 0.15) is 22.8 Å². The van der Waals surface area contributed by atoms with Gasteiger partial charge in [0, 0.05) is 62.4 Å². The number of fused-ring (bicyclic) bond motifs is 1. The van der Waals surface area contributed by atoms with E-state index in [-0.39, 0.29) is 30.4 Å². The van der Waals surface area contributed by atoms with Gasteiger partial charge in [0.05, 0.1) is 37.5 Å². The van der Waals surface area contributed by atoms with Crippen LogP contribution >= 0.6 is 0 Å². The summed E-state index contributed by atoms with van der Waals surface area (Å²) in [6, 6.07) is 8.46. The number of nitrogens with two attached hydrogens (primary N) is 1. The number of carbonyl (C=O) groups excluding carboxylic acids is 4. The number of hydrogen-bond donors (Lipinski definition) is 2. The van der Waals surface area contributed by atoms with E-state index in [0.717, 1.165) is 11.1 Å². The van der Waals surface area contributed by atoms with E-state index in [0.29, 0.717) is 73.0 Å². The summed E-state index contributed by atoms with van der Waals surface area (Å²) in [5, 5.41) is 7.01. The molecule has 0 bridgehead atoms. The van der Waals surface area contributed by atoms with E-state index in [9.17, 15) is 14.4 Å². The number of ketones is 1. The van der Waals surface area contributed by atoms with Crippen LogP contribution in [0.4, 0.5) is 0 Å². The monoisotopic (exact) mass is 591 g/mol. The molecule has 12 nitrogen and oxygen atoms in total. The van der Waals surface area contributed by atoms with Crippen LogP contribution in [0.1, 0.15) is 64.2 Å². The first-order chi connectivity index (χ1) is 20.7. The number of amides is 3. The zero-order chi connectivity index (χ0) is 31.1. The third-order valence-corrected chi connectivity index (χ3v) is 7.48. The second kappa shape index (κ2) is 13.4. The van der Waals surface area contributed by atoms with Crippen molar-refractivity contribution in [3.63, 3.8) is 0 Å². The molecule has 0 saturated carbocycles. The van der Waals surface area contributed by atoms with Gasteiger partial charge in [-0.15, -0.1) is 0 Å². The van der Waals surface area contributed by atoms with Crippen LogP contribution in [0.25, 0.3) is 11.1 Å². The maximum Gasteiger partial charge on any atom is 0.254 e. The van der Waals surface area contributed by atoms with E-state index >= 15 is 0 Å². The van der Waals surface area contributed by atoms with Crippen LogP contribution in [-0.2, 0) is 11.8 Å². The van der Waals surface area contributed by atoms with Crippen LogP contribution in [0.5, 0.6) is 17.2 Å². The van der Waals surface area contributed by atoms with Crippen molar-refractivity contribution in [3.05, 3.63) is 59.4 Å². The molecule has 1 aromatic heterocycles. The number of methoxy groups -OCH3 is 1. The summed E-state index contributed by atoms with van der Waals surface area (Å²) in [5.41, 5.74) is 6.40. The Morgan fingerprint density at radius 2 is 1.84 bits per heavy atom. The molecular formula is C31H37N5O7. The third kappa shape index (κ3) is 6.63. The largest absolute Gasteiger partial charge is 0.496 e. The second-order valence-corrected chi connectivity index (χ2v) is 10.3. The summed E-state index contributed by atoms with van der Waals surface area (Å²) in [6.07, 6.45) is 5.10. The van der Waals surface area contributed by atoms with E-state index in [2.05, 4.69) is 16.1 Å². The number of piperidine rings is 1. The summed E-state index contributed by atoms with van der Waals surface area (Å²) in [4.78, 5) is 49.3. The molecule has 1 saturated heterocycles. The number of rotatable bonds is 7. The molecular weight excluding hydrogens is 554 g/mol. The van der Waals surface area contributed by atoms with E-state index in [1.807, 2.05) is 27.1 Å². The Morgan fingerprint density at radius 3 is 2.44 bits per heavy atom. The zero-order valence-electron chi connectivity index (χ0n) is 24.8. The van der Waals surface area contributed by atoms with Gasteiger partial charge < -0.3 is 30.2 Å². The van der Waals surface area contributed by atoms with Gasteiger partial charge in [0.25, 0.3) is 11.8 Å². The normalized spacial score (nSPS) is 15.0. The Balaban J connectivity index is 0.00000135. The topological polar surface area (TPSA) is 155 Å². The third-order valence-electron chi connectivity index (χ3n) is 7.48. The van der Waals surface area contributed by atoms with Gasteiger partial charge in [-0.1, -0.05) is 0 Å². The Labute approximate surface area is 250 Å². The summed E-state index contributed by atoms with van der Waals surface area (Å²) >= 11 is 0. The molecule has 3 N–H and O–H groups in total. The van der Waals surface area contributed by atoms with Crippen molar-refractivity contribution in [1.82, 2.24) is 20.0 Å². The molecule has 2 aliphatic rings. The zero-order valence-corrected chi connectivity index (χ0v) is 24.8. The Bertz CT molecular complexity index is 1510. The molecule has 12 heteroatoms. The number of carbonyl (C=O) groups is 4. The molecule has 0 atom stereocenters. The molecule has 3 aromatic rings. The SMILES string of the molecule is CCNC(=O)c1ccc2c(c1)C(=O)CC1(CCN(C(=O)c3cc(OC)c(-c4cnn(C)c4)c(OCC)c3)CC1)O2.NC=O. The van der Waals surface area contributed by atoms with E-state index in [1.165, 1.54) is 0 Å². The first-order valence-corrected chi connectivity index (χ1v) is 14.1. The van der Waals surface area contributed by atoms with E-state index in [1.54, 1.807) is 53.2 Å². The smallest absolute Gasteiger partial charge is 0.254 e. The minimum Gasteiger partial charge on any atom is -0.496 e. The van der Waals surface area contributed by atoms with Gasteiger partial charge in [-0.25, -0.2) is 0 Å². The number of nitrogens with zero attached hydrogens (tertiary/aromatic N) is 3. The van der Waals surface area contributed by atoms with Crippen molar-refractivity contribution in [2.75, 3.05) is 33.4 Å². The highest BCUT2D eigenvalue weighted by molar-refractivity contribution is 6.04. The summed E-state index contributed by atoms with van der Waals surface area (Å²) < 4.78 is 19.7. The first kappa shape index (κ1) is 31.1. The number of nitrogens with one attached hydrogen (secondary N) is 1. The van der Waals surface area contributed by atoms with Crippen LogP contribution in [0.15, 0.2) is 42.7 Å². The van der Waals surface area contributed by atoms with E-state index in [4.69, 9.17) is 19.0 Å². The molecule has 2 aliphatic heterocycles. The minimum atomic E-state index is -0.674. The molecule has 1 fully saturated rings. The highest BCUT2D eigenvalue weighted by Gasteiger charge is 2.44. The van der Waals surface area contributed by atoms with Crippen molar-refractivity contribution in [2.45, 2.75) is 38.7 Å². The Kier molecular flexibility index (Phi) is 9.69. The lowest BCUT2D eigenvalue weighted by atomic mass is 9.82. The molecule has 2 aromatic carbocycles. The van der Waals surface area contributed by atoms with Gasteiger partial charge in [-0.3, -0.25) is 23.9 Å². The van der Waals surface area contributed by atoms with Crippen LogP contribution in [0, 0.1) is 0 Å². The van der Waals surface area contributed by atoms with Crippen LogP contribution in [0.2, 0.25) is 0 Å². The number of aryl methyl sites for hydroxylation is 1. The lowest BCUT2D eigenvalue weighted by Crippen LogP contribution is -2.52. The van der Waals surface area contributed by atoms with E-state index < -0.39 is 5.60 Å². The van der Waals surface area contributed by atoms with Gasteiger partial charge in [0.15, 0.2) is 5.78 Å². The first-order valence-electron chi connectivity index (χ1n) is 14.1.